The first-order valence-corrected chi connectivity index (χ1v) is 9.94. The summed E-state index contributed by atoms with van der Waals surface area (Å²) in [6.45, 7) is 0. The summed E-state index contributed by atoms with van der Waals surface area (Å²) in [6, 6.07) is 19.1. The molecule has 3 aromatic rings. The molecule has 0 saturated heterocycles. The van der Waals surface area contributed by atoms with Gasteiger partial charge in [0.2, 0.25) is 0 Å². The van der Waals surface area contributed by atoms with Gasteiger partial charge < -0.3 is 15.2 Å². The maximum absolute atomic E-state index is 12.3. The summed E-state index contributed by atoms with van der Waals surface area (Å²) in [5, 5.41) is 22.4. The molecule has 0 saturated carbocycles. The standard InChI is InChI=1S/C22H15IN2O6/c23-18-3-1-2-4-20(18)31-17-11-5-14(6-12-17)13-19(22(27)28)24-21(26)15-7-9-16(10-8-15)25(29)30/h1-13H,(H,24,26)(H,27,28). The van der Waals surface area contributed by atoms with Crippen LogP contribution in [-0.4, -0.2) is 21.9 Å². The van der Waals surface area contributed by atoms with Crippen molar-refractivity contribution in [2.75, 3.05) is 0 Å². The zero-order valence-electron chi connectivity index (χ0n) is 15.8. The first-order chi connectivity index (χ1) is 14.8. The number of benzene rings is 3. The number of ether oxygens (including phenoxy) is 1. The van der Waals surface area contributed by atoms with Gasteiger partial charge in [-0.2, -0.15) is 0 Å². The molecule has 8 nitrogen and oxygen atoms in total. The van der Waals surface area contributed by atoms with Crippen LogP contribution in [0.3, 0.4) is 0 Å². The van der Waals surface area contributed by atoms with E-state index in [1.54, 1.807) is 24.3 Å². The third-order valence-corrected chi connectivity index (χ3v) is 4.97. The fourth-order valence-corrected chi connectivity index (χ4v) is 3.03. The molecule has 0 aromatic heterocycles. The predicted molar refractivity (Wildman–Crippen MR) is 122 cm³/mol. The van der Waals surface area contributed by atoms with E-state index in [9.17, 15) is 24.8 Å². The Hall–Kier alpha value is -3.73. The third kappa shape index (κ3) is 5.89. The van der Waals surface area contributed by atoms with Crippen molar-refractivity contribution in [3.05, 3.63) is 103 Å². The van der Waals surface area contributed by atoms with E-state index in [0.717, 1.165) is 3.57 Å². The number of nitro groups is 1. The van der Waals surface area contributed by atoms with Crippen molar-refractivity contribution in [1.82, 2.24) is 5.32 Å². The Morgan fingerprint density at radius 1 is 1.00 bits per heavy atom. The predicted octanol–water partition coefficient (Wildman–Crippen LogP) is 4.85. The van der Waals surface area contributed by atoms with Crippen LogP contribution in [0.1, 0.15) is 15.9 Å². The Balaban J connectivity index is 1.74. The van der Waals surface area contributed by atoms with Crippen LogP contribution < -0.4 is 10.1 Å². The number of carbonyl (C=O) groups excluding carboxylic acids is 1. The molecule has 0 radical (unpaired) electrons. The van der Waals surface area contributed by atoms with Gasteiger partial charge in [0.25, 0.3) is 11.6 Å². The zero-order valence-corrected chi connectivity index (χ0v) is 18.0. The van der Waals surface area contributed by atoms with Crippen LogP contribution in [0.4, 0.5) is 5.69 Å². The van der Waals surface area contributed by atoms with E-state index in [1.807, 2.05) is 24.3 Å². The van der Waals surface area contributed by atoms with Crippen LogP contribution in [0.5, 0.6) is 11.5 Å². The van der Waals surface area contributed by atoms with Crippen molar-refractivity contribution in [2.45, 2.75) is 0 Å². The van der Waals surface area contributed by atoms with Crippen LogP contribution in [0.15, 0.2) is 78.5 Å². The number of nitro benzene ring substituents is 1. The molecule has 2 N–H and O–H groups in total. The van der Waals surface area contributed by atoms with Gasteiger partial charge in [-0.15, -0.1) is 0 Å². The van der Waals surface area contributed by atoms with E-state index in [1.165, 1.54) is 30.3 Å². The molecule has 0 atom stereocenters. The second kappa shape index (κ2) is 9.85. The molecule has 1 amide bonds. The SMILES string of the molecule is O=C(O)C(=Cc1ccc(Oc2ccccc2I)cc1)NC(=O)c1ccc([N+](=O)[O-])cc1. The number of nitrogens with one attached hydrogen (secondary N) is 1. The van der Waals surface area contributed by atoms with Crippen LogP contribution in [0, 0.1) is 13.7 Å². The normalized spacial score (nSPS) is 10.9. The molecule has 0 aliphatic rings. The minimum absolute atomic E-state index is 0.0963. The number of hydrogen-bond donors (Lipinski definition) is 2. The highest BCUT2D eigenvalue weighted by Crippen LogP contribution is 2.26. The van der Waals surface area contributed by atoms with Crippen LogP contribution >= 0.6 is 22.6 Å². The lowest BCUT2D eigenvalue weighted by Crippen LogP contribution is -2.27. The molecule has 31 heavy (non-hydrogen) atoms. The van der Waals surface area contributed by atoms with Gasteiger partial charge in [0.05, 0.1) is 8.49 Å². The van der Waals surface area contributed by atoms with Gasteiger partial charge in [-0.05, 0) is 70.6 Å². The van der Waals surface area contributed by atoms with E-state index in [-0.39, 0.29) is 16.9 Å². The number of rotatable bonds is 7. The highest BCUT2D eigenvalue weighted by atomic mass is 127. The quantitative estimate of drug-likeness (QED) is 0.195. The summed E-state index contributed by atoms with van der Waals surface area (Å²) in [4.78, 5) is 34.0. The maximum atomic E-state index is 12.3. The molecule has 0 heterocycles. The van der Waals surface area contributed by atoms with Crippen molar-refractivity contribution in [3.8, 4) is 11.5 Å². The highest BCUT2D eigenvalue weighted by Gasteiger charge is 2.15. The number of amides is 1. The summed E-state index contributed by atoms with van der Waals surface area (Å²) in [5.74, 6) is -0.738. The fourth-order valence-electron chi connectivity index (χ4n) is 2.53. The lowest BCUT2D eigenvalue weighted by Gasteiger charge is -2.08. The van der Waals surface area contributed by atoms with Crippen LogP contribution in [0.2, 0.25) is 0 Å². The third-order valence-electron chi connectivity index (χ3n) is 4.07. The first-order valence-electron chi connectivity index (χ1n) is 8.87. The van der Waals surface area contributed by atoms with Crippen LogP contribution in [0.25, 0.3) is 6.08 Å². The van der Waals surface area contributed by atoms with Gasteiger partial charge >= 0.3 is 5.97 Å². The number of carbonyl (C=O) groups is 2. The monoisotopic (exact) mass is 530 g/mol. The molecular weight excluding hydrogens is 515 g/mol. The lowest BCUT2D eigenvalue weighted by atomic mass is 10.1. The Morgan fingerprint density at radius 2 is 1.65 bits per heavy atom. The molecule has 0 spiro atoms. The topological polar surface area (TPSA) is 119 Å². The molecule has 0 fully saturated rings. The minimum atomic E-state index is -1.32. The first kappa shape index (κ1) is 22.0. The molecule has 9 heteroatoms. The van der Waals surface area contributed by atoms with Crippen molar-refractivity contribution >= 4 is 46.2 Å². The molecule has 0 aliphatic heterocycles. The average Bonchev–Trinajstić information content (AvgIpc) is 2.76. The number of aliphatic carboxylic acids is 1. The minimum Gasteiger partial charge on any atom is -0.477 e. The Kier molecular flexibility index (Phi) is 6.98. The average molecular weight is 530 g/mol. The fraction of sp³-hybridized carbons (Fsp3) is 0. The maximum Gasteiger partial charge on any atom is 0.352 e. The number of non-ortho nitro benzene ring substituents is 1. The van der Waals surface area contributed by atoms with E-state index in [4.69, 9.17) is 4.74 Å². The molecule has 3 rings (SSSR count). The zero-order chi connectivity index (χ0) is 22.4. The second-order valence-electron chi connectivity index (χ2n) is 6.22. The van der Waals surface area contributed by atoms with Crippen molar-refractivity contribution in [3.63, 3.8) is 0 Å². The largest absolute Gasteiger partial charge is 0.477 e. The van der Waals surface area contributed by atoms with Gasteiger partial charge in [-0.3, -0.25) is 14.9 Å². The van der Waals surface area contributed by atoms with Crippen molar-refractivity contribution < 1.29 is 24.4 Å². The molecule has 0 bridgehead atoms. The van der Waals surface area contributed by atoms with Crippen LogP contribution in [-0.2, 0) is 4.79 Å². The van der Waals surface area contributed by atoms with Gasteiger partial charge in [0, 0.05) is 17.7 Å². The summed E-state index contributed by atoms with van der Waals surface area (Å²) in [7, 11) is 0. The Bertz CT molecular complexity index is 1160. The number of nitrogens with zero attached hydrogens (tertiary/aromatic N) is 1. The molecular formula is C22H15IN2O6. The Morgan fingerprint density at radius 3 is 2.23 bits per heavy atom. The van der Waals surface area contributed by atoms with E-state index in [0.29, 0.717) is 17.1 Å². The Labute approximate surface area is 190 Å². The number of carboxylic acid groups (broad SMARTS) is 1. The number of halogens is 1. The highest BCUT2D eigenvalue weighted by molar-refractivity contribution is 14.1. The number of hydrogen-bond acceptors (Lipinski definition) is 5. The summed E-state index contributed by atoms with van der Waals surface area (Å²) < 4.78 is 6.75. The van der Waals surface area contributed by atoms with Crippen molar-refractivity contribution in [1.29, 1.82) is 0 Å². The van der Waals surface area contributed by atoms with Gasteiger partial charge in [0.15, 0.2) is 0 Å². The summed E-state index contributed by atoms with van der Waals surface area (Å²) in [5.41, 5.74) is 0.128. The van der Waals surface area contributed by atoms with E-state index >= 15 is 0 Å². The lowest BCUT2D eigenvalue weighted by molar-refractivity contribution is -0.384. The summed E-state index contributed by atoms with van der Waals surface area (Å²) >= 11 is 2.16. The summed E-state index contributed by atoms with van der Waals surface area (Å²) in [6.07, 6.45) is 1.31. The molecule has 3 aromatic carbocycles. The smallest absolute Gasteiger partial charge is 0.352 e. The van der Waals surface area contributed by atoms with Gasteiger partial charge in [-0.1, -0.05) is 24.3 Å². The molecule has 0 aliphatic carbocycles. The van der Waals surface area contributed by atoms with Crippen molar-refractivity contribution in [2.24, 2.45) is 0 Å². The number of carboxylic acids is 1. The van der Waals surface area contributed by atoms with E-state index < -0.39 is 16.8 Å². The molecule has 0 unspecified atom stereocenters. The van der Waals surface area contributed by atoms with E-state index in [2.05, 4.69) is 27.9 Å². The van der Waals surface area contributed by atoms with Gasteiger partial charge in [-0.25, -0.2) is 4.79 Å². The second-order valence-corrected chi connectivity index (χ2v) is 7.38. The molecule has 156 valence electrons. The number of para-hydroxylation sites is 1. The van der Waals surface area contributed by atoms with Gasteiger partial charge in [0.1, 0.15) is 17.2 Å².